The molecule has 3 heteroatoms. The highest BCUT2D eigenvalue weighted by molar-refractivity contribution is 4.72. The van der Waals surface area contributed by atoms with Crippen LogP contribution < -0.4 is 5.32 Å². The van der Waals surface area contributed by atoms with Gasteiger partial charge in [0.05, 0.1) is 13.2 Å². The summed E-state index contributed by atoms with van der Waals surface area (Å²) in [5.74, 6) is 0. The number of hydrogen-bond donors (Lipinski definition) is 1. The Kier molecular flexibility index (Phi) is 6.98. The Bertz CT molecular complexity index is 141. The third kappa shape index (κ3) is 5.50. The van der Waals surface area contributed by atoms with Crippen molar-refractivity contribution in [3.8, 4) is 0 Å². The molecule has 1 aliphatic rings. The van der Waals surface area contributed by atoms with Crippen LogP contribution in [0, 0.1) is 0 Å². The normalized spacial score (nSPS) is 22.2. The van der Waals surface area contributed by atoms with E-state index in [1.807, 2.05) is 0 Å². The van der Waals surface area contributed by atoms with Crippen molar-refractivity contribution in [2.45, 2.75) is 39.2 Å². The zero-order chi connectivity index (χ0) is 10.9. The number of nitrogens with zero attached hydrogens (tertiary/aromatic N) is 1. The minimum absolute atomic E-state index is 0.579. The SMILES string of the molecule is CCCN(CCC)CCC1COCCN1. The van der Waals surface area contributed by atoms with Crippen LogP contribution in [0.2, 0.25) is 0 Å². The smallest absolute Gasteiger partial charge is 0.0620 e. The Morgan fingerprint density at radius 2 is 1.93 bits per heavy atom. The molecule has 0 aromatic heterocycles. The molecule has 1 fully saturated rings. The number of nitrogens with one attached hydrogen (secondary N) is 1. The molecule has 0 amide bonds. The Hall–Kier alpha value is -0.120. The molecule has 15 heavy (non-hydrogen) atoms. The first-order valence-corrected chi connectivity index (χ1v) is 6.40. The van der Waals surface area contributed by atoms with Gasteiger partial charge in [0.15, 0.2) is 0 Å². The molecule has 0 aliphatic carbocycles. The van der Waals surface area contributed by atoms with E-state index in [1.54, 1.807) is 0 Å². The van der Waals surface area contributed by atoms with Crippen LogP contribution in [0.5, 0.6) is 0 Å². The second-order valence-electron chi connectivity index (χ2n) is 4.36. The molecule has 90 valence electrons. The van der Waals surface area contributed by atoms with Gasteiger partial charge in [0.25, 0.3) is 0 Å². The molecule has 0 spiro atoms. The van der Waals surface area contributed by atoms with E-state index in [-0.39, 0.29) is 0 Å². The Labute approximate surface area is 94.2 Å². The third-order valence-electron chi connectivity index (χ3n) is 2.87. The first-order chi connectivity index (χ1) is 7.36. The van der Waals surface area contributed by atoms with Crippen molar-refractivity contribution in [2.75, 3.05) is 39.4 Å². The highest BCUT2D eigenvalue weighted by Gasteiger charge is 2.13. The van der Waals surface area contributed by atoms with Crippen molar-refractivity contribution < 1.29 is 4.74 Å². The fourth-order valence-corrected chi connectivity index (χ4v) is 2.11. The molecule has 1 atom stereocenters. The summed E-state index contributed by atoms with van der Waals surface area (Å²) in [4.78, 5) is 2.57. The molecule has 1 saturated heterocycles. The van der Waals surface area contributed by atoms with Crippen LogP contribution in [0.3, 0.4) is 0 Å². The van der Waals surface area contributed by atoms with E-state index < -0.39 is 0 Å². The van der Waals surface area contributed by atoms with Crippen molar-refractivity contribution in [1.82, 2.24) is 10.2 Å². The van der Waals surface area contributed by atoms with Crippen LogP contribution in [0.1, 0.15) is 33.1 Å². The van der Waals surface area contributed by atoms with Crippen LogP contribution in [-0.2, 0) is 4.74 Å². The Morgan fingerprint density at radius 1 is 1.20 bits per heavy atom. The molecule has 3 nitrogen and oxygen atoms in total. The van der Waals surface area contributed by atoms with E-state index in [2.05, 4.69) is 24.1 Å². The number of hydrogen-bond acceptors (Lipinski definition) is 3. The summed E-state index contributed by atoms with van der Waals surface area (Å²) in [6.45, 7) is 11.0. The van der Waals surface area contributed by atoms with E-state index >= 15 is 0 Å². The molecule has 0 aromatic rings. The van der Waals surface area contributed by atoms with Crippen LogP contribution in [0.15, 0.2) is 0 Å². The van der Waals surface area contributed by atoms with Gasteiger partial charge in [-0.1, -0.05) is 13.8 Å². The van der Waals surface area contributed by atoms with Crippen LogP contribution in [0.25, 0.3) is 0 Å². The van der Waals surface area contributed by atoms with Gasteiger partial charge in [-0.3, -0.25) is 0 Å². The highest BCUT2D eigenvalue weighted by atomic mass is 16.5. The molecule has 1 aliphatic heterocycles. The minimum atomic E-state index is 0.579. The molecular weight excluding hydrogens is 188 g/mol. The lowest BCUT2D eigenvalue weighted by atomic mass is 10.2. The van der Waals surface area contributed by atoms with Gasteiger partial charge in [-0.05, 0) is 38.9 Å². The molecule has 1 heterocycles. The van der Waals surface area contributed by atoms with Crippen molar-refractivity contribution in [2.24, 2.45) is 0 Å². The predicted molar refractivity (Wildman–Crippen MR) is 64.2 cm³/mol. The largest absolute Gasteiger partial charge is 0.379 e. The van der Waals surface area contributed by atoms with E-state index in [1.165, 1.54) is 38.9 Å². The van der Waals surface area contributed by atoms with Gasteiger partial charge < -0.3 is 15.0 Å². The highest BCUT2D eigenvalue weighted by Crippen LogP contribution is 2.02. The molecule has 0 bridgehead atoms. The van der Waals surface area contributed by atoms with Gasteiger partial charge in [-0.15, -0.1) is 0 Å². The van der Waals surface area contributed by atoms with Gasteiger partial charge in [0, 0.05) is 12.6 Å². The van der Waals surface area contributed by atoms with E-state index in [0.29, 0.717) is 6.04 Å². The predicted octanol–water partition coefficient (Wildman–Crippen LogP) is 1.49. The molecule has 1 N–H and O–H groups in total. The lowest BCUT2D eigenvalue weighted by molar-refractivity contribution is 0.0699. The van der Waals surface area contributed by atoms with Gasteiger partial charge in [0.2, 0.25) is 0 Å². The molecule has 0 radical (unpaired) electrons. The molecule has 0 aromatic carbocycles. The average Bonchev–Trinajstić information content (AvgIpc) is 2.28. The van der Waals surface area contributed by atoms with Crippen molar-refractivity contribution in [1.29, 1.82) is 0 Å². The Balaban J connectivity index is 2.13. The monoisotopic (exact) mass is 214 g/mol. The van der Waals surface area contributed by atoms with Gasteiger partial charge in [-0.2, -0.15) is 0 Å². The first kappa shape index (κ1) is 12.9. The second-order valence-corrected chi connectivity index (χ2v) is 4.36. The quantitative estimate of drug-likeness (QED) is 0.695. The van der Waals surface area contributed by atoms with Crippen molar-refractivity contribution in [3.63, 3.8) is 0 Å². The number of rotatable bonds is 7. The summed E-state index contributed by atoms with van der Waals surface area (Å²) in [7, 11) is 0. The fraction of sp³-hybridized carbons (Fsp3) is 1.00. The standard InChI is InChI=1S/C12H26N2O/c1-3-7-14(8-4-2)9-5-12-11-15-10-6-13-12/h12-13H,3-11H2,1-2H3. The van der Waals surface area contributed by atoms with Gasteiger partial charge in [-0.25, -0.2) is 0 Å². The Morgan fingerprint density at radius 3 is 2.47 bits per heavy atom. The molecule has 0 saturated carbocycles. The van der Waals surface area contributed by atoms with Gasteiger partial charge in [0.1, 0.15) is 0 Å². The lowest BCUT2D eigenvalue weighted by Crippen LogP contribution is -2.43. The zero-order valence-electron chi connectivity index (χ0n) is 10.3. The zero-order valence-corrected chi connectivity index (χ0v) is 10.3. The maximum atomic E-state index is 5.45. The summed E-state index contributed by atoms with van der Waals surface area (Å²) in [6, 6.07) is 0.579. The topological polar surface area (TPSA) is 24.5 Å². The van der Waals surface area contributed by atoms with Crippen LogP contribution >= 0.6 is 0 Å². The van der Waals surface area contributed by atoms with E-state index in [9.17, 15) is 0 Å². The number of morpholine rings is 1. The third-order valence-corrected chi connectivity index (χ3v) is 2.87. The minimum Gasteiger partial charge on any atom is -0.379 e. The summed E-state index contributed by atoms with van der Waals surface area (Å²) < 4.78 is 5.45. The number of ether oxygens (including phenoxy) is 1. The van der Waals surface area contributed by atoms with Crippen LogP contribution in [0.4, 0.5) is 0 Å². The van der Waals surface area contributed by atoms with E-state index in [0.717, 1.165) is 19.8 Å². The maximum absolute atomic E-state index is 5.45. The van der Waals surface area contributed by atoms with E-state index in [4.69, 9.17) is 4.74 Å². The molecular formula is C12H26N2O. The fourth-order valence-electron chi connectivity index (χ4n) is 2.11. The van der Waals surface area contributed by atoms with Crippen molar-refractivity contribution in [3.05, 3.63) is 0 Å². The van der Waals surface area contributed by atoms with Gasteiger partial charge >= 0.3 is 0 Å². The lowest BCUT2D eigenvalue weighted by Gasteiger charge is -2.27. The summed E-state index contributed by atoms with van der Waals surface area (Å²) in [5.41, 5.74) is 0. The second kappa shape index (κ2) is 8.08. The maximum Gasteiger partial charge on any atom is 0.0620 e. The van der Waals surface area contributed by atoms with Crippen LogP contribution in [-0.4, -0.2) is 50.3 Å². The first-order valence-electron chi connectivity index (χ1n) is 6.40. The summed E-state index contributed by atoms with van der Waals surface area (Å²) >= 11 is 0. The molecule has 1 unspecified atom stereocenters. The average molecular weight is 214 g/mol. The summed E-state index contributed by atoms with van der Waals surface area (Å²) in [6.07, 6.45) is 3.74. The summed E-state index contributed by atoms with van der Waals surface area (Å²) in [5, 5.41) is 3.51. The van der Waals surface area contributed by atoms with Crippen molar-refractivity contribution >= 4 is 0 Å². The molecule has 1 rings (SSSR count).